The summed E-state index contributed by atoms with van der Waals surface area (Å²) in [6, 6.07) is 13.8. The van der Waals surface area contributed by atoms with Crippen molar-refractivity contribution in [3.05, 3.63) is 82.8 Å². The minimum atomic E-state index is -0.705. The van der Waals surface area contributed by atoms with Crippen LogP contribution >= 0.6 is 0 Å². The number of amides is 4. The summed E-state index contributed by atoms with van der Waals surface area (Å²) in [7, 11) is 0. The Morgan fingerprint density at radius 3 is 2.47 bits per heavy atom. The molecule has 2 aromatic carbocycles. The zero-order valence-corrected chi connectivity index (χ0v) is 19.0. The van der Waals surface area contributed by atoms with E-state index in [1.54, 1.807) is 21.9 Å². The average Bonchev–Trinajstić information content (AvgIpc) is 3.59. The Bertz CT molecular complexity index is 1140. The maximum atomic E-state index is 13.8. The average molecular weight is 463 g/mol. The van der Waals surface area contributed by atoms with Gasteiger partial charge in [0, 0.05) is 19.0 Å². The monoisotopic (exact) mass is 462 g/mol. The number of nitrogens with one attached hydrogen (secondary N) is 2. The Balaban J connectivity index is 1.50. The van der Waals surface area contributed by atoms with Gasteiger partial charge in [-0.3, -0.25) is 14.5 Å². The Morgan fingerprint density at radius 2 is 1.82 bits per heavy atom. The molecule has 2 N–H and O–H groups in total. The predicted octanol–water partition coefficient (Wildman–Crippen LogP) is 2.90. The first kappa shape index (κ1) is 22.1. The topological polar surface area (TPSA) is 81.8 Å². The number of hydrogen-bond donors (Lipinski definition) is 2. The molecule has 34 heavy (non-hydrogen) atoms. The minimum absolute atomic E-state index is 0.161. The van der Waals surface area contributed by atoms with Crippen LogP contribution in [0, 0.1) is 5.82 Å². The van der Waals surface area contributed by atoms with Gasteiger partial charge in [-0.2, -0.15) is 0 Å². The van der Waals surface area contributed by atoms with E-state index < -0.39 is 17.9 Å². The molecule has 4 amide bonds. The van der Waals surface area contributed by atoms with Gasteiger partial charge in [0.2, 0.25) is 5.91 Å². The van der Waals surface area contributed by atoms with Gasteiger partial charge in [0.05, 0.1) is 23.9 Å². The third kappa shape index (κ3) is 4.16. The molecule has 0 unspecified atom stereocenters. The predicted molar refractivity (Wildman–Crippen MR) is 124 cm³/mol. The van der Waals surface area contributed by atoms with E-state index in [0.29, 0.717) is 29.8 Å². The zero-order chi connectivity index (χ0) is 23.8. The summed E-state index contributed by atoms with van der Waals surface area (Å²) in [4.78, 5) is 43.1. The van der Waals surface area contributed by atoms with Gasteiger partial charge in [-0.05, 0) is 43.0 Å². The van der Waals surface area contributed by atoms with Gasteiger partial charge in [-0.15, -0.1) is 0 Å². The van der Waals surface area contributed by atoms with E-state index in [2.05, 4.69) is 10.6 Å². The summed E-state index contributed by atoms with van der Waals surface area (Å²) >= 11 is 0. The summed E-state index contributed by atoms with van der Waals surface area (Å²) in [5.41, 5.74) is 2.61. The summed E-state index contributed by atoms with van der Waals surface area (Å²) in [6.45, 7) is 2.40. The van der Waals surface area contributed by atoms with E-state index in [9.17, 15) is 18.8 Å². The fraction of sp³-hybridized carbons (Fsp3) is 0.346. The first-order valence-corrected chi connectivity index (χ1v) is 11.7. The molecule has 0 spiro atoms. The lowest BCUT2D eigenvalue weighted by Crippen LogP contribution is -2.50. The van der Waals surface area contributed by atoms with E-state index in [1.165, 1.54) is 12.1 Å². The van der Waals surface area contributed by atoms with Crippen LogP contribution in [0.1, 0.15) is 36.9 Å². The molecule has 2 atom stereocenters. The number of benzene rings is 2. The number of carbonyl (C=O) groups is 3. The van der Waals surface area contributed by atoms with E-state index >= 15 is 0 Å². The van der Waals surface area contributed by atoms with Crippen molar-refractivity contribution in [3.8, 4) is 0 Å². The van der Waals surface area contributed by atoms with Crippen molar-refractivity contribution in [2.45, 2.75) is 44.3 Å². The Kier molecular flexibility index (Phi) is 5.81. The van der Waals surface area contributed by atoms with E-state index in [-0.39, 0.29) is 30.4 Å². The van der Waals surface area contributed by atoms with Crippen LogP contribution in [0.4, 0.5) is 9.18 Å². The van der Waals surface area contributed by atoms with Gasteiger partial charge in [0.15, 0.2) is 0 Å². The second-order valence-corrected chi connectivity index (χ2v) is 8.96. The SMILES string of the molecule is CCN1C(=O)N[C@@H](c2ccc(F)cc2)C2=C1CN([C@@H](Cc1ccccc1)C(=O)NC1CC1)C2=O. The van der Waals surface area contributed by atoms with Crippen LogP contribution in [-0.2, 0) is 16.0 Å². The second kappa shape index (κ2) is 8.93. The molecule has 2 heterocycles. The molecule has 1 fully saturated rings. The Morgan fingerprint density at radius 1 is 1.12 bits per heavy atom. The van der Waals surface area contributed by atoms with Gasteiger partial charge in [0.1, 0.15) is 11.9 Å². The summed E-state index contributed by atoms with van der Waals surface area (Å²) in [6.07, 6.45) is 2.27. The van der Waals surface area contributed by atoms with Gasteiger partial charge in [-0.25, -0.2) is 9.18 Å². The van der Waals surface area contributed by atoms with Gasteiger partial charge >= 0.3 is 6.03 Å². The van der Waals surface area contributed by atoms with Crippen molar-refractivity contribution < 1.29 is 18.8 Å². The summed E-state index contributed by atoms with van der Waals surface area (Å²) < 4.78 is 13.5. The number of hydrogen-bond acceptors (Lipinski definition) is 3. The fourth-order valence-corrected chi connectivity index (χ4v) is 4.71. The molecule has 0 bridgehead atoms. The third-order valence-electron chi connectivity index (χ3n) is 6.64. The van der Waals surface area contributed by atoms with Gasteiger partial charge in [-0.1, -0.05) is 42.5 Å². The van der Waals surface area contributed by atoms with Crippen molar-refractivity contribution in [3.63, 3.8) is 0 Å². The minimum Gasteiger partial charge on any atom is -0.352 e. The van der Waals surface area contributed by atoms with Crippen LogP contribution in [0.3, 0.4) is 0 Å². The summed E-state index contributed by atoms with van der Waals surface area (Å²) in [5, 5.41) is 5.94. The Hall–Kier alpha value is -3.68. The molecule has 2 aromatic rings. The molecule has 7 nitrogen and oxygen atoms in total. The van der Waals surface area contributed by atoms with Crippen molar-refractivity contribution >= 4 is 17.8 Å². The number of nitrogens with zero attached hydrogens (tertiary/aromatic N) is 2. The smallest absolute Gasteiger partial charge is 0.322 e. The molecule has 3 aliphatic rings. The van der Waals surface area contributed by atoms with Crippen molar-refractivity contribution in [2.24, 2.45) is 0 Å². The van der Waals surface area contributed by atoms with Crippen LogP contribution < -0.4 is 10.6 Å². The molecule has 0 aromatic heterocycles. The number of urea groups is 1. The van der Waals surface area contributed by atoms with Crippen LogP contribution in [-0.4, -0.2) is 52.8 Å². The third-order valence-corrected chi connectivity index (χ3v) is 6.64. The lowest BCUT2D eigenvalue weighted by Gasteiger charge is -2.32. The van der Waals surface area contributed by atoms with Crippen molar-refractivity contribution in [2.75, 3.05) is 13.1 Å². The van der Waals surface area contributed by atoms with Crippen LogP contribution in [0.2, 0.25) is 0 Å². The highest BCUT2D eigenvalue weighted by molar-refractivity contribution is 6.03. The zero-order valence-electron chi connectivity index (χ0n) is 19.0. The lowest BCUT2D eigenvalue weighted by molar-refractivity contribution is -0.136. The quantitative estimate of drug-likeness (QED) is 0.664. The molecular weight excluding hydrogens is 435 g/mol. The number of carbonyl (C=O) groups excluding carboxylic acids is 3. The second-order valence-electron chi connectivity index (χ2n) is 8.96. The number of halogens is 1. The van der Waals surface area contributed by atoms with Crippen LogP contribution in [0.15, 0.2) is 65.9 Å². The highest BCUT2D eigenvalue weighted by Crippen LogP contribution is 2.37. The van der Waals surface area contributed by atoms with Gasteiger partial charge in [0.25, 0.3) is 5.91 Å². The largest absolute Gasteiger partial charge is 0.352 e. The molecule has 0 radical (unpaired) electrons. The number of rotatable bonds is 7. The fourth-order valence-electron chi connectivity index (χ4n) is 4.71. The highest BCUT2D eigenvalue weighted by atomic mass is 19.1. The normalized spacial score (nSPS) is 20.8. The van der Waals surface area contributed by atoms with E-state index in [4.69, 9.17) is 0 Å². The lowest BCUT2D eigenvalue weighted by atomic mass is 9.95. The molecule has 1 aliphatic carbocycles. The molecule has 2 aliphatic heterocycles. The van der Waals surface area contributed by atoms with Gasteiger partial charge < -0.3 is 15.5 Å². The van der Waals surface area contributed by atoms with Crippen LogP contribution in [0.5, 0.6) is 0 Å². The standard InChI is InChI=1S/C26H27FN4O3/c1-2-30-21-15-31(20(24(32)28-19-12-13-19)14-16-6-4-3-5-7-16)25(33)22(21)23(29-26(30)34)17-8-10-18(27)11-9-17/h3-11,19-20,23H,2,12-15H2,1H3,(H,28,32)(H,29,34)/t20-,23-/m0/s1. The Labute approximate surface area is 197 Å². The molecular formula is C26H27FN4O3. The highest BCUT2D eigenvalue weighted by Gasteiger charge is 2.47. The molecule has 5 rings (SSSR count). The number of likely N-dealkylation sites (N-methyl/N-ethyl adjacent to an activating group) is 1. The maximum absolute atomic E-state index is 13.8. The molecule has 176 valence electrons. The van der Waals surface area contributed by atoms with Crippen LogP contribution in [0.25, 0.3) is 0 Å². The van der Waals surface area contributed by atoms with E-state index in [1.807, 2.05) is 37.3 Å². The summed E-state index contributed by atoms with van der Waals surface area (Å²) in [5.74, 6) is -0.857. The first-order chi connectivity index (χ1) is 16.5. The molecule has 8 heteroatoms. The molecule has 1 saturated carbocycles. The maximum Gasteiger partial charge on any atom is 0.322 e. The van der Waals surface area contributed by atoms with E-state index in [0.717, 1.165) is 18.4 Å². The first-order valence-electron chi connectivity index (χ1n) is 11.7. The van der Waals surface area contributed by atoms with Crippen molar-refractivity contribution in [1.29, 1.82) is 0 Å². The molecule has 0 saturated heterocycles. The van der Waals surface area contributed by atoms with Crippen molar-refractivity contribution in [1.82, 2.24) is 20.4 Å².